The summed E-state index contributed by atoms with van der Waals surface area (Å²) in [7, 11) is 0. The van der Waals surface area contributed by atoms with E-state index in [9.17, 15) is 24.3 Å². The molecule has 0 aliphatic carbocycles. The molecule has 3 atom stereocenters. The molecular formula is C25H38N8O5. The van der Waals surface area contributed by atoms with Gasteiger partial charge in [-0.2, -0.15) is 0 Å². The number of hydrogen-bond donors (Lipinski definition) is 8. The first-order valence-electron chi connectivity index (χ1n) is 12.4. The highest BCUT2D eigenvalue weighted by atomic mass is 16.4. The fraction of sp³-hybridized carbons (Fsp3) is 0.480. The van der Waals surface area contributed by atoms with Crippen LogP contribution in [0.3, 0.4) is 0 Å². The molecule has 1 aromatic heterocycles. The summed E-state index contributed by atoms with van der Waals surface area (Å²) in [5, 5.41) is 18.4. The monoisotopic (exact) mass is 530 g/mol. The molecule has 208 valence electrons. The van der Waals surface area contributed by atoms with Gasteiger partial charge < -0.3 is 43.2 Å². The Hall–Kier alpha value is -4.13. The number of fused-ring (bicyclic) bond motifs is 1. The van der Waals surface area contributed by atoms with Crippen molar-refractivity contribution in [3.8, 4) is 0 Å². The third kappa shape index (κ3) is 9.39. The number of para-hydroxylation sites is 1. The normalized spacial score (nSPS) is 13.4. The average molecular weight is 531 g/mol. The van der Waals surface area contributed by atoms with E-state index >= 15 is 0 Å². The Labute approximate surface area is 221 Å². The summed E-state index contributed by atoms with van der Waals surface area (Å²) in [5.74, 6) is -3.06. The molecule has 2 aromatic rings. The van der Waals surface area contributed by atoms with Crippen molar-refractivity contribution < 1.29 is 24.3 Å². The van der Waals surface area contributed by atoms with E-state index in [1.807, 2.05) is 38.1 Å². The van der Waals surface area contributed by atoms with Crippen LogP contribution in [0, 0.1) is 5.92 Å². The minimum absolute atomic E-state index is 0.00175. The molecule has 0 fully saturated rings. The van der Waals surface area contributed by atoms with E-state index in [0.29, 0.717) is 6.42 Å². The minimum Gasteiger partial charge on any atom is -0.480 e. The number of aliphatic carboxylic acids is 1. The van der Waals surface area contributed by atoms with E-state index in [1.165, 1.54) is 0 Å². The second kappa shape index (κ2) is 14.6. The van der Waals surface area contributed by atoms with Gasteiger partial charge >= 0.3 is 5.97 Å². The highest BCUT2D eigenvalue weighted by Crippen LogP contribution is 2.19. The van der Waals surface area contributed by atoms with E-state index < -0.39 is 41.8 Å². The first-order chi connectivity index (χ1) is 18.0. The lowest BCUT2D eigenvalue weighted by Gasteiger charge is -2.25. The zero-order chi connectivity index (χ0) is 28.2. The summed E-state index contributed by atoms with van der Waals surface area (Å²) in [5.41, 5.74) is 17.6. The Morgan fingerprint density at radius 3 is 2.29 bits per heavy atom. The smallest absolute Gasteiger partial charge is 0.326 e. The molecule has 0 aliphatic heterocycles. The predicted molar refractivity (Wildman–Crippen MR) is 144 cm³/mol. The number of aromatic amines is 1. The Morgan fingerprint density at radius 1 is 1.00 bits per heavy atom. The molecule has 0 aliphatic rings. The standard InChI is InChI=1S/C25H38N8O5/c1-14(2)10-19(32-22(35)18(31-21(34)12-26)8-5-9-29-25(27)28)23(36)33-20(24(37)38)11-15-13-30-17-7-4-3-6-16(15)17/h3-4,6-7,13-14,18-20,30H,5,8-12,26H2,1-2H3,(H,31,34)(H,32,35)(H,33,36)(H,37,38)(H4,27,28,29). The van der Waals surface area contributed by atoms with Crippen LogP contribution in [0.2, 0.25) is 0 Å². The van der Waals surface area contributed by atoms with Crippen molar-refractivity contribution in [1.29, 1.82) is 0 Å². The Balaban J connectivity index is 2.15. The van der Waals surface area contributed by atoms with E-state index in [0.717, 1.165) is 16.5 Å². The van der Waals surface area contributed by atoms with Crippen LogP contribution < -0.4 is 33.2 Å². The lowest BCUT2D eigenvalue weighted by atomic mass is 10.0. The highest BCUT2D eigenvalue weighted by Gasteiger charge is 2.30. The number of carboxylic acid groups (broad SMARTS) is 1. The third-order valence-electron chi connectivity index (χ3n) is 5.84. The molecule has 38 heavy (non-hydrogen) atoms. The number of amides is 3. The van der Waals surface area contributed by atoms with Crippen molar-refractivity contribution in [2.75, 3.05) is 13.1 Å². The van der Waals surface area contributed by atoms with Gasteiger partial charge in [-0.25, -0.2) is 4.79 Å². The van der Waals surface area contributed by atoms with Gasteiger partial charge in [-0.3, -0.25) is 19.4 Å². The summed E-state index contributed by atoms with van der Waals surface area (Å²) in [6, 6.07) is 4.22. The largest absolute Gasteiger partial charge is 0.480 e. The second-order valence-electron chi connectivity index (χ2n) is 9.43. The molecule has 13 heteroatoms. The van der Waals surface area contributed by atoms with Crippen LogP contribution in [0.1, 0.15) is 38.7 Å². The average Bonchev–Trinajstić information content (AvgIpc) is 3.27. The van der Waals surface area contributed by atoms with Gasteiger partial charge in [-0.1, -0.05) is 32.0 Å². The molecule has 1 aromatic carbocycles. The maximum Gasteiger partial charge on any atom is 0.326 e. The molecule has 0 radical (unpaired) electrons. The first-order valence-corrected chi connectivity index (χ1v) is 12.4. The summed E-state index contributed by atoms with van der Waals surface area (Å²) < 4.78 is 0. The van der Waals surface area contributed by atoms with Crippen LogP contribution >= 0.6 is 0 Å². The number of hydrogen-bond acceptors (Lipinski definition) is 6. The Bertz CT molecular complexity index is 1140. The number of aromatic nitrogens is 1. The number of benzene rings is 1. The second-order valence-corrected chi connectivity index (χ2v) is 9.43. The number of carbonyl (C=O) groups excluding carboxylic acids is 3. The molecule has 0 bridgehead atoms. The molecule has 11 N–H and O–H groups in total. The van der Waals surface area contributed by atoms with Crippen LogP contribution in [0.5, 0.6) is 0 Å². The lowest BCUT2D eigenvalue weighted by Crippen LogP contribution is -2.56. The quantitative estimate of drug-likeness (QED) is 0.0832. The number of carboxylic acids is 1. The lowest BCUT2D eigenvalue weighted by molar-refractivity contribution is -0.142. The van der Waals surface area contributed by atoms with Gasteiger partial charge in [0.15, 0.2) is 5.96 Å². The predicted octanol–water partition coefficient (Wildman–Crippen LogP) is -0.692. The van der Waals surface area contributed by atoms with Crippen molar-refractivity contribution in [3.05, 3.63) is 36.0 Å². The number of H-pyrrole nitrogens is 1. The zero-order valence-corrected chi connectivity index (χ0v) is 21.7. The van der Waals surface area contributed by atoms with E-state index in [4.69, 9.17) is 17.2 Å². The molecule has 3 amide bonds. The molecule has 0 spiro atoms. The van der Waals surface area contributed by atoms with Gasteiger partial charge in [-0.05, 0) is 36.8 Å². The maximum atomic E-state index is 13.2. The van der Waals surface area contributed by atoms with E-state index in [-0.39, 0.29) is 44.2 Å². The zero-order valence-electron chi connectivity index (χ0n) is 21.7. The molecule has 0 saturated carbocycles. The number of rotatable bonds is 15. The number of guanidine groups is 1. The maximum absolute atomic E-state index is 13.2. The first kappa shape index (κ1) is 30.1. The molecule has 13 nitrogen and oxygen atoms in total. The van der Waals surface area contributed by atoms with Crippen molar-refractivity contribution in [3.63, 3.8) is 0 Å². The number of aliphatic imine (C=N–C) groups is 1. The fourth-order valence-electron chi connectivity index (χ4n) is 3.99. The van der Waals surface area contributed by atoms with Crippen molar-refractivity contribution in [1.82, 2.24) is 20.9 Å². The summed E-state index contributed by atoms with van der Waals surface area (Å²) in [4.78, 5) is 57.2. The van der Waals surface area contributed by atoms with Crippen molar-refractivity contribution >= 4 is 40.6 Å². The third-order valence-corrected chi connectivity index (χ3v) is 5.84. The highest BCUT2D eigenvalue weighted by molar-refractivity contribution is 5.94. The van der Waals surface area contributed by atoms with Crippen molar-refractivity contribution in [2.45, 2.75) is 57.7 Å². The molecule has 0 saturated heterocycles. The van der Waals surface area contributed by atoms with Gasteiger partial charge in [0.2, 0.25) is 17.7 Å². The van der Waals surface area contributed by atoms with Crippen LogP contribution in [0.25, 0.3) is 10.9 Å². The number of nitrogens with zero attached hydrogens (tertiary/aromatic N) is 1. The molecular weight excluding hydrogens is 492 g/mol. The van der Waals surface area contributed by atoms with Crippen LogP contribution in [-0.2, 0) is 25.6 Å². The number of nitrogens with one attached hydrogen (secondary N) is 4. The summed E-state index contributed by atoms with van der Waals surface area (Å²) >= 11 is 0. The minimum atomic E-state index is -1.22. The topological polar surface area (TPSA) is 231 Å². The summed E-state index contributed by atoms with van der Waals surface area (Å²) in [6.45, 7) is 3.67. The van der Waals surface area contributed by atoms with Gasteiger partial charge in [-0.15, -0.1) is 0 Å². The fourth-order valence-corrected chi connectivity index (χ4v) is 3.99. The van der Waals surface area contributed by atoms with Crippen molar-refractivity contribution in [2.24, 2.45) is 28.1 Å². The van der Waals surface area contributed by atoms with Gasteiger partial charge in [0.05, 0.1) is 6.54 Å². The number of nitrogens with two attached hydrogens (primary N) is 3. The SMILES string of the molecule is CC(C)CC(NC(=O)C(CCCN=C(N)N)NC(=O)CN)C(=O)NC(Cc1c[nH]c2ccccc12)C(=O)O. The van der Waals surface area contributed by atoms with Gasteiger partial charge in [0.25, 0.3) is 0 Å². The number of carbonyl (C=O) groups is 4. The molecule has 2 rings (SSSR count). The Morgan fingerprint density at radius 2 is 1.66 bits per heavy atom. The van der Waals surface area contributed by atoms with E-state index in [1.54, 1.807) is 6.20 Å². The van der Waals surface area contributed by atoms with Crippen LogP contribution in [0.15, 0.2) is 35.5 Å². The summed E-state index contributed by atoms with van der Waals surface area (Å²) in [6.07, 6.45) is 2.60. The Kier molecular flexibility index (Phi) is 11.5. The molecule has 1 heterocycles. The van der Waals surface area contributed by atoms with Crippen LogP contribution in [-0.4, -0.2) is 71.0 Å². The molecule has 3 unspecified atom stereocenters. The van der Waals surface area contributed by atoms with E-state index in [2.05, 4.69) is 25.9 Å². The van der Waals surface area contributed by atoms with Crippen LogP contribution in [0.4, 0.5) is 0 Å². The van der Waals surface area contributed by atoms with Gasteiger partial charge in [0, 0.05) is 30.1 Å². The van der Waals surface area contributed by atoms with Gasteiger partial charge in [0.1, 0.15) is 18.1 Å².